The first kappa shape index (κ1) is 13.4. The molecule has 2 aliphatic rings. The average Bonchev–Trinajstić information content (AvgIpc) is 2.33. The summed E-state index contributed by atoms with van der Waals surface area (Å²) in [4.78, 5) is 0. The summed E-state index contributed by atoms with van der Waals surface area (Å²) in [5, 5.41) is 3.76. The molecule has 0 aromatic heterocycles. The predicted molar refractivity (Wildman–Crippen MR) is 72.3 cm³/mol. The Morgan fingerprint density at radius 1 is 0.824 bits per heavy atom. The van der Waals surface area contributed by atoms with E-state index in [0.717, 1.165) is 19.2 Å². The molecule has 0 radical (unpaired) electrons. The Labute approximate surface area is 107 Å². The zero-order valence-electron chi connectivity index (χ0n) is 11.3. The second-order valence-electron chi connectivity index (χ2n) is 5.77. The van der Waals surface area contributed by atoms with Gasteiger partial charge in [-0.1, -0.05) is 32.1 Å². The number of nitrogens with one attached hydrogen (secondary N) is 1. The highest BCUT2D eigenvalue weighted by atomic mass is 16.5. The quantitative estimate of drug-likeness (QED) is 0.808. The van der Waals surface area contributed by atoms with Crippen LogP contribution in [0.1, 0.15) is 70.6 Å². The zero-order chi connectivity index (χ0) is 11.8. The Bertz CT molecular complexity index is 181. The van der Waals surface area contributed by atoms with Crippen LogP contribution in [0.5, 0.6) is 0 Å². The number of hydrogen-bond donors (Lipinski definition) is 1. The van der Waals surface area contributed by atoms with E-state index >= 15 is 0 Å². The third kappa shape index (κ3) is 5.39. The van der Waals surface area contributed by atoms with Gasteiger partial charge in [-0.2, -0.15) is 0 Å². The van der Waals surface area contributed by atoms with Crippen molar-refractivity contribution in [3.05, 3.63) is 0 Å². The Morgan fingerprint density at radius 2 is 1.53 bits per heavy atom. The van der Waals surface area contributed by atoms with Crippen LogP contribution in [0.4, 0.5) is 0 Å². The van der Waals surface area contributed by atoms with E-state index in [-0.39, 0.29) is 0 Å². The lowest BCUT2D eigenvalue weighted by molar-refractivity contribution is 0.0111. The summed E-state index contributed by atoms with van der Waals surface area (Å²) >= 11 is 0. The zero-order valence-corrected chi connectivity index (χ0v) is 11.3. The van der Waals surface area contributed by atoms with Crippen LogP contribution in [0.3, 0.4) is 0 Å². The van der Waals surface area contributed by atoms with Crippen molar-refractivity contribution in [2.24, 2.45) is 0 Å². The van der Waals surface area contributed by atoms with E-state index in [2.05, 4.69) is 5.32 Å². The van der Waals surface area contributed by atoms with Crippen molar-refractivity contribution in [2.75, 3.05) is 13.2 Å². The molecule has 1 saturated carbocycles. The summed E-state index contributed by atoms with van der Waals surface area (Å²) in [6.07, 6.45) is 15.7. The molecule has 2 rings (SSSR count). The predicted octanol–water partition coefficient (Wildman–Crippen LogP) is 3.65. The molecule has 1 heterocycles. The van der Waals surface area contributed by atoms with Gasteiger partial charge in [-0.05, 0) is 45.1 Å². The Balaban J connectivity index is 1.56. The molecule has 2 nitrogen and oxygen atoms in total. The van der Waals surface area contributed by atoms with Crippen molar-refractivity contribution in [1.29, 1.82) is 0 Å². The summed E-state index contributed by atoms with van der Waals surface area (Å²) in [6, 6.07) is 0.791. The average molecular weight is 239 g/mol. The molecule has 0 amide bonds. The van der Waals surface area contributed by atoms with Gasteiger partial charge in [-0.25, -0.2) is 0 Å². The maximum absolute atomic E-state index is 5.77. The first-order valence-electron chi connectivity index (χ1n) is 7.80. The number of ether oxygens (including phenoxy) is 1. The molecule has 0 aromatic rings. The highest BCUT2D eigenvalue weighted by molar-refractivity contribution is 4.72. The molecule has 1 saturated heterocycles. The summed E-state index contributed by atoms with van der Waals surface area (Å²) < 4.78 is 5.77. The molecule has 100 valence electrons. The highest BCUT2D eigenvalue weighted by Crippen LogP contribution is 2.18. The van der Waals surface area contributed by atoms with Crippen LogP contribution < -0.4 is 5.32 Å². The van der Waals surface area contributed by atoms with Crippen LogP contribution in [0.15, 0.2) is 0 Å². The molecule has 0 aromatic carbocycles. The maximum Gasteiger partial charge on any atom is 0.0587 e. The van der Waals surface area contributed by atoms with E-state index < -0.39 is 0 Å². The number of hydrogen-bond acceptors (Lipinski definition) is 2. The Kier molecular flexibility index (Phi) is 6.36. The van der Waals surface area contributed by atoms with E-state index in [1.807, 2.05) is 0 Å². The minimum atomic E-state index is 0.546. The van der Waals surface area contributed by atoms with Gasteiger partial charge in [0.2, 0.25) is 0 Å². The van der Waals surface area contributed by atoms with E-state index in [1.165, 1.54) is 70.6 Å². The molecule has 1 aliphatic heterocycles. The smallest absolute Gasteiger partial charge is 0.0587 e. The molecule has 0 spiro atoms. The van der Waals surface area contributed by atoms with Crippen molar-refractivity contribution in [3.63, 3.8) is 0 Å². The van der Waals surface area contributed by atoms with Gasteiger partial charge in [-0.15, -0.1) is 0 Å². The highest BCUT2D eigenvalue weighted by Gasteiger charge is 2.15. The lowest BCUT2D eigenvalue weighted by Gasteiger charge is -2.25. The minimum absolute atomic E-state index is 0.546. The molecule has 2 fully saturated rings. The fourth-order valence-corrected chi connectivity index (χ4v) is 3.14. The summed E-state index contributed by atoms with van der Waals surface area (Å²) in [5.41, 5.74) is 0. The Morgan fingerprint density at radius 3 is 2.24 bits per heavy atom. The van der Waals surface area contributed by atoms with Gasteiger partial charge in [0.05, 0.1) is 6.10 Å². The molecule has 0 bridgehead atoms. The van der Waals surface area contributed by atoms with Gasteiger partial charge in [-0.3, -0.25) is 0 Å². The molecule has 1 aliphatic carbocycles. The van der Waals surface area contributed by atoms with Crippen LogP contribution in [0.2, 0.25) is 0 Å². The topological polar surface area (TPSA) is 21.3 Å². The molecule has 1 N–H and O–H groups in total. The molecule has 17 heavy (non-hydrogen) atoms. The van der Waals surface area contributed by atoms with Crippen LogP contribution in [0.25, 0.3) is 0 Å². The van der Waals surface area contributed by atoms with Crippen molar-refractivity contribution in [3.8, 4) is 0 Å². The SMILES string of the molecule is C1CCCC(NCCC2CCCCO2)CCC1. The summed E-state index contributed by atoms with van der Waals surface area (Å²) in [6.45, 7) is 2.16. The maximum atomic E-state index is 5.77. The van der Waals surface area contributed by atoms with E-state index in [1.54, 1.807) is 0 Å². The minimum Gasteiger partial charge on any atom is -0.378 e. The van der Waals surface area contributed by atoms with Crippen molar-refractivity contribution in [1.82, 2.24) is 5.32 Å². The monoisotopic (exact) mass is 239 g/mol. The second kappa shape index (κ2) is 8.10. The van der Waals surface area contributed by atoms with Gasteiger partial charge in [0.1, 0.15) is 0 Å². The van der Waals surface area contributed by atoms with Crippen LogP contribution in [0, 0.1) is 0 Å². The Hall–Kier alpha value is -0.0800. The first-order chi connectivity index (χ1) is 8.45. The van der Waals surface area contributed by atoms with Gasteiger partial charge in [0.25, 0.3) is 0 Å². The fraction of sp³-hybridized carbons (Fsp3) is 1.00. The second-order valence-corrected chi connectivity index (χ2v) is 5.77. The van der Waals surface area contributed by atoms with Gasteiger partial charge >= 0.3 is 0 Å². The largest absolute Gasteiger partial charge is 0.378 e. The molecular weight excluding hydrogens is 210 g/mol. The summed E-state index contributed by atoms with van der Waals surface area (Å²) in [7, 11) is 0. The van der Waals surface area contributed by atoms with Gasteiger partial charge in [0.15, 0.2) is 0 Å². The van der Waals surface area contributed by atoms with Crippen LogP contribution in [-0.4, -0.2) is 25.3 Å². The summed E-state index contributed by atoms with van der Waals surface area (Å²) in [5.74, 6) is 0. The van der Waals surface area contributed by atoms with Gasteiger partial charge < -0.3 is 10.1 Å². The third-order valence-electron chi connectivity index (χ3n) is 4.28. The molecule has 1 unspecified atom stereocenters. The lowest BCUT2D eigenvalue weighted by atomic mass is 9.96. The van der Waals surface area contributed by atoms with Crippen LogP contribution in [-0.2, 0) is 4.74 Å². The van der Waals surface area contributed by atoms with Crippen molar-refractivity contribution < 1.29 is 4.74 Å². The van der Waals surface area contributed by atoms with Crippen molar-refractivity contribution >= 4 is 0 Å². The molecular formula is C15H29NO. The number of rotatable bonds is 4. The van der Waals surface area contributed by atoms with E-state index in [0.29, 0.717) is 6.10 Å². The van der Waals surface area contributed by atoms with Crippen molar-refractivity contribution in [2.45, 2.75) is 82.8 Å². The van der Waals surface area contributed by atoms with E-state index in [9.17, 15) is 0 Å². The standard InChI is InChI=1S/C15H29NO/c1-2-4-8-14(9-5-3-1)16-12-11-15-10-6-7-13-17-15/h14-16H,1-13H2. The normalized spacial score (nSPS) is 28.6. The molecule has 1 atom stereocenters. The fourth-order valence-electron chi connectivity index (χ4n) is 3.14. The first-order valence-corrected chi connectivity index (χ1v) is 7.80. The molecule has 2 heteroatoms. The van der Waals surface area contributed by atoms with Gasteiger partial charge in [0, 0.05) is 12.6 Å². The van der Waals surface area contributed by atoms with Crippen LogP contribution >= 0.6 is 0 Å². The van der Waals surface area contributed by atoms with E-state index in [4.69, 9.17) is 4.74 Å². The third-order valence-corrected chi connectivity index (χ3v) is 4.28. The lowest BCUT2D eigenvalue weighted by Crippen LogP contribution is -2.33.